The molecule has 1 amide bonds. The van der Waals surface area contributed by atoms with Crippen molar-refractivity contribution in [2.75, 3.05) is 15.9 Å². The number of hydrogen-bond acceptors (Lipinski definition) is 3. The Morgan fingerprint density at radius 1 is 1.15 bits per heavy atom. The highest BCUT2D eigenvalue weighted by molar-refractivity contribution is 7.92. The molecule has 2 rings (SSSR count). The molecule has 1 unspecified atom stereocenters. The summed E-state index contributed by atoms with van der Waals surface area (Å²) in [5, 5.41) is 3.32. The van der Waals surface area contributed by atoms with Crippen molar-refractivity contribution in [2.24, 2.45) is 0 Å². The summed E-state index contributed by atoms with van der Waals surface area (Å²) in [6, 6.07) is 9.71. The number of rotatable bonds is 6. The topological polar surface area (TPSA) is 66.5 Å². The van der Waals surface area contributed by atoms with E-state index in [0.29, 0.717) is 22.8 Å². The van der Waals surface area contributed by atoms with E-state index >= 15 is 0 Å². The molecule has 0 aliphatic rings. The van der Waals surface area contributed by atoms with Gasteiger partial charge in [0.15, 0.2) is 0 Å². The SMILES string of the molecule is CCC(C(=O)Nc1cccc(C)c1C)N(c1ccc(C)c(Cl)c1)S(C)(=O)=O. The lowest BCUT2D eigenvalue weighted by Crippen LogP contribution is -2.47. The maximum atomic E-state index is 13.0. The van der Waals surface area contributed by atoms with Gasteiger partial charge in [0, 0.05) is 10.7 Å². The lowest BCUT2D eigenvalue weighted by molar-refractivity contribution is -0.117. The predicted molar refractivity (Wildman–Crippen MR) is 112 cm³/mol. The van der Waals surface area contributed by atoms with Crippen LogP contribution in [0, 0.1) is 20.8 Å². The Labute approximate surface area is 166 Å². The molecule has 1 atom stereocenters. The molecule has 0 radical (unpaired) electrons. The second kappa shape index (κ2) is 8.31. The minimum absolute atomic E-state index is 0.315. The molecule has 0 aliphatic carbocycles. The average Bonchev–Trinajstić information content (AvgIpc) is 2.58. The zero-order valence-electron chi connectivity index (χ0n) is 16.2. The van der Waals surface area contributed by atoms with Crippen LogP contribution in [-0.4, -0.2) is 26.6 Å². The van der Waals surface area contributed by atoms with E-state index in [2.05, 4.69) is 5.32 Å². The molecule has 0 spiro atoms. The molecule has 5 nitrogen and oxygen atoms in total. The summed E-state index contributed by atoms with van der Waals surface area (Å²) in [6.45, 7) is 7.49. The normalized spacial score (nSPS) is 12.5. The summed E-state index contributed by atoms with van der Waals surface area (Å²) in [7, 11) is -3.70. The summed E-state index contributed by atoms with van der Waals surface area (Å²) in [5.74, 6) is -0.381. The molecule has 0 heterocycles. The number of amides is 1. The summed E-state index contributed by atoms with van der Waals surface area (Å²) in [6.07, 6.45) is 1.41. The number of carbonyl (C=O) groups excluding carboxylic acids is 1. The van der Waals surface area contributed by atoms with E-state index in [-0.39, 0.29) is 5.91 Å². The van der Waals surface area contributed by atoms with Crippen molar-refractivity contribution < 1.29 is 13.2 Å². The van der Waals surface area contributed by atoms with Crippen LogP contribution < -0.4 is 9.62 Å². The number of hydrogen-bond donors (Lipinski definition) is 1. The highest BCUT2D eigenvalue weighted by Gasteiger charge is 2.32. The van der Waals surface area contributed by atoms with Gasteiger partial charge in [-0.3, -0.25) is 9.10 Å². The second-order valence-corrected chi connectivity index (χ2v) is 8.92. The Morgan fingerprint density at radius 3 is 2.37 bits per heavy atom. The molecular formula is C20H25ClN2O3S. The van der Waals surface area contributed by atoms with Gasteiger partial charge in [-0.15, -0.1) is 0 Å². The Hall–Kier alpha value is -2.05. The standard InChI is InChI=1S/C20H25ClN2O3S/c1-6-19(20(24)22-18-9-7-8-13(2)15(18)4)23(27(5,25)26)16-11-10-14(3)17(21)12-16/h7-12,19H,6H2,1-5H3,(H,22,24). The van der Waals surface area contributed by atoms with Crippen molar-refractivity contribution in [1.29, 1.82) is 0 Å². The fourth-order valence-electron chi connectivity index (χ4n) is 2.88. The molecule has 2 aromatic carbocycles. The quantitative estimate of drug-likeness (QED) is 0.767. The van der Waals surface area contributed by atoms with Crippen LogP contribution in [0.1, 0.15) is 30.0 Å². The monoisotopic (exact) mass is 408 g/mol. The van der Waals surface area contributed by atoms with Gasteiger partial charge in [0.25, 0.3) is 0 Å². The van der Waals surface area contributed by atoms with Gasteiger partial charge in [-0.1, -0.05) is 36.7 Å². The highest BCUT2D eigenvalue weighted by atomic mass is 35.5. The molecule has 7 heteroatoms. The van der Waals surface area contributed by atoms with Crippen LogP contribution in [0.3, 0.4) is 0 Å². The second-order valence-electron chi connectivity index (χ2n) is 6.65. The van der Waals surface area contributed by atoms with Gasteiger partial charge in [0.05, 0.1) is 11.9 Å². The van der Waals surface area contributed by atoms with Crippen molar-refractivity contribution in [3.05, 3.63) is 58.1 Å². The Balaban J connectivity index is 2.44. The number of halogens is 1. The summed E-state index contributed by atoms with van der Waals surface area (Å²) >= 11 is 6.18. The van der Waals surface area contributed by atoms with Gasteiger partial charge in [-0.25, -0.2) is 8.42 Å². The van der Waals surface area contributed by atoms with E-state index in [1.807, 2.05) is 32.9 Å². The Morgan fingerprint density at radius 2 is 1.81 bits per heavy atom. The lowest BCUT2D eigenvalue weighted by Gasteiger charge is -2.30. The summed E-state index contributed by atoms with van der Waals surface area (Å²) < 4.78 is 26.2. The molecular weight excluding hydrogens is 384 g/mol. The first-order valence-corrected chi connectivity index (χ1v) is 10.9. The van der Waals surface area contributed by atoms with Crippen molar-refractivity contribution in [3.8, 4) is 0 Å². The number of nitrogens with one attached hydrogen (secondary N) is 1. The van der Waals surface area contributed by atoms with Crippen molar-refractivity contribution in [1.82, 2.24) is 0 Å². The molecule has 27 heavy (non-hydrogen) atoms. The minimum Gasteiger partial charge on any atom is -0.324 e. The number of aryl methyl sites for hydroxylation is 2. The molecule has 0 bridgehead atoms. The molecule has 0 saturated heterocycles. The Bertz CT molecular complexity index is 958. The fraction of sp³-hybridized carbons (Fsp3) is 0.350. The van der Waals surface area contributed by atoms with Crippen LogP contribution >= 0.6 is 11.6 Å². The number of benzene rings is 2. The van der Waals surface area contributed by atoms with E-state index in [1.165, 1.54) is 0 Å². The lowest BCUT2D eigenvalue weighted by atomic mass is 10.1. The van der Waals surface area contributed by atoms with Crippen LogP contribution in [-0.2, 0) is 14.8 Å². The number of anilines is 2. The van der Waals surface area contributed by atoms with Gasteiger partial charge >= 0.3 is 0 Å². The van der Waals surface area contributed by atoms with E-state index in [1.54, 1.807) is 31.2 Å². The van der Waals surface area contributed by atoms with Crippen LogP contribution in [0.25, 0.3) is 0 Å². The maximum absolute atomic E-state index is 13.0. The third-order valence-corrected chi connectivity index (χ3v) is 6.19. The highest BCUT2D eigenvalue weighted by Crippen LogP contribution is 2.28. The molecule has 0 fully saturated rings. The predicted octanol–water partition coefficient (Wildman–Crippen LogP) is 4.45. The van der Waals surface area contributed by atoms with E-state index in [0.717, 1.165) is 27.3 Å². The third kappa shape index (κ3) is 4.82. The van der Waals surface area contributed by atoms with E-state index in [9.17, 15) is 13.2 Å². The first-order valence-electron chi connectivity index (χ1n) is 8.69. The number of carbonyl (C=O) groups is 1. The van der Waals surface area contributed by atoms with Crippen molar-refractivity contribution in [3.63, 3.8) is 0 Å². The molecule has 0 saturated carbocycles. The smallest absolute Gasteiger partial charge is 0.248 e. The minimum atomic E-state index is -3.70. The van der Waals surface area contributed by atoms with E-state index < -0.39 is 16.1 Å². The van der Waals surface area contributed by atoms with Crippen LogP contribution in [0.2, 0.25) is 5.02 Å². The molecule has 0 aromatic heterocycles. The van der Waals surface area contributed by atoms with Crippen LogP contribution in [0.5, 0.6) is 0 Å². The van der Waals surface area contributed by atoms with Crippen LogP contribution in [0.4, 0.5) is 11.4 Å². The maximum Gasteiger partial charge on any atom is 0.248 e. The van der Waals surface area contributed by atoms with Crippen molar-refractivity contribution in [2.45, 2.75) is 40.2 Å². The molecule has 2 aromatic rings. The Kier molecular flexibility index (Phi) is 6.54. The van der Waals surface area contributed by atoms with Gasteiger partial charge in [0.2, 0.25) is 15.9 Å². The van der Waals surface area contributed by atoms with Crippen LogP contribution in [0.15, 0.2) is 36.4 Å². The first kappa shape index (κ1) is 21.3. The summed E-state index contributed by atoms with van der Waals surface area (Å²) in [4.78, 5) is 13.0. The van der Waals surface area contributed by atoms with Crippen molar-refractivity contribution >= 4 is 38.9 Å². The average molecular weight is 409 g/mol. The zero-order chi connectivity index (χ0) is 20.4. The molecule has 0 aliphatic heterocycles. The number of nitrogens with zero attached hydrogens (tertiary/aromatic N) is 1. The number of sulfonamides is 1. The largest absolute Gasteiger partial charge is 0.324 e. The first-order chi connectivity index (χ1) is 12.6. The molecule has 146 valence electrons. The third-order valence-electron chi connectivity index (χ3n) is 4.60. The summed E-state index contributed by atoms with van der Waals surface area (Å²) in [5.41, 5.74) is 3.88. The van der Waals surface area contributed by atoms with Gasteiger partial charge < -0.3 is 5.32 Å². The van der Waals surface area contributed by atoms with Gasteiger partial charge in [0.1, 0.15) is 6.04 Å². The fourth-order valence-corrected chi connectivity index (χ4v) is 4.26. The van der Waals surface area contributed by atoms with Gasteiger partial charge in [-0.05, 0) is 62.1 Å². The molecule has 1 N–H and O–H groups in total. The van der Waals surface area contributed by atoms with Gasteiger partial charge in [-0.2, -0.15) is 0 Å². The zero-order valence-corrected chi connectivity index (χ0v) is 17.8. The van der Waals surface area contributed by atoms with E-state index in [4.69, 9.17) is 11.6 Å².